The molecule has 1 aliphatic rings. The molecule has 1 unspecified atom stereocenters. The Bertz CT molecular complexity index is 753. The Labute approximate surface area is 167 Å². The number of nitrogens with zero attached hydrogens (tertiary/aromatic N) is 1. The third-order valence-corrected chi connectivity index (χ3v) is 5.06. The molecule has 0 aliphatic carbocycles. The molecule has 0 bridgehead atoms. The zero-order valence-electron chi connectivity index (χ0n) is 17.2. The number of benzene rings is 2. The molecule has 1 heterocycles. The standard InChI is InChI=1S/C22H30N2O4/c1-5-28-20-15-16(9-10-17(20)25-2)22(24-13-11-23-12-14-24)21-18(26-3)7-6-8-19(21)27-4/h6-10,15,22-23H,5,11-14H2,1-4H3. The van der Waals surface area contributed by atoms with Gasteiger partial charge in [-0.05, 0) is 36.8 Å². The third-order valence-electron chi connectivity index (χ3n) is 5.06. The number of nitrogens with one attached hydrogen (secondary N) is 1. The average Bonchev–Trinajstić information content (AvgIpc) is 2.75. The van der Waals surface area contributed by atoms with Crippen molar-refractivity contribution in [3.05, 3.63) is 47.5 Å². The van der Waals surface area contributed by atoms with E-state index in [9.17, 15) is 0 Å². The Kier molecular flexibility index (Phi) is 7.01. The second-order valence-corrected chi connectivity index (χ2v) is 6.61. The predicted molar refractivity (Wildman–Crippen MR) is 110 cm³/mol. The summed E-state index contributed by atoms with van der Waals surface area (Å²) in [5.41, 5.74) is 2.15. The first-order valence-corrected chi connectivity index (χ1v) is 9.69. The predicted octanol–water partition coefficient (Wildman–Crippen LogP) is 3.11. The van der Waals surface area contributed by atoms with Crippen molar-refractivity contribution < 1.29 is 18.9 Å². The normalized spacial score (nSPS) is 15.7. The molecule has 3 rings (SSSR count). The quantitative estimate of drug-likeness (QED) is 0.752. The molecular weight excluding hydrogens is 356 g/mol. The largest absolute Gasteiger partial charge is 0.496 e. The van der Waals surface area contributed by atoms with E-state index < -0.39 is 0 Å². The monoisotopic (exact) mass is 386 g/mol. The van der Waals surface area contributed by atoms with Crippen LogP contribution in [0.4, 0.5) is 0 Å². The Morgan fingerprint density at radius 2 is 1.54 bits per heavy atom. The second-order valence-electron chi connectivity index (χ2n) is 6.61. The van der Waals surface area contributed by atoms with Crippen LogP contribution in [0, 0.1) is 0 Å². The summed E-state index contributed by atoms with van der Waals surface area (Å²) in [6, 6.07) is 12.0. The van der Waals surface area contributed by atoms with Crippen LogP contribution in [0.1, 0.15) is 24.1 Å². The highest BCUT2D eigenvalue weighted by Crippen LogP contribution is 2.43. The average molecular weight is 386 g/mol. The number of hydrogen-bond acceptors (Lipinski definition) is 6. The van der Waals surface area contributed by atoms with Crippen LogP contribution in [-0.4, -0.2) is 59.0 Å². The zero-order chi connectivity index (χ0) is 19.9. The molecule has 6 nitrogen and oxygen atoms in total. The van der Waals surface area contributed by atoms with E-state index in [1.54, 1.807) is 21.3 Å². The Morgan fingerprint density at radius 1 is 0.893 bits per heavy atom. The second kappa shape index (κ2) is 9.66. The smallest absolute Gasteiger partial charge is 0.161 e. The summed E-state index contributed by atoms with van der Waals surface area (Å²) in [6.07, 6.45) is 0. The minimum atomic E-state index is -0.0155. The van der Waals surface area contributed by atoms with Gasteiger partial charge in [0.1, 0.15) is 11.5 Å². The first kappa shape index (κ1) is 20.3. The number of methoxy groups -OCH3 is 3. The van der Waals surface area contributed by atoms with Gasteiger partial charge in [-0.2, -0.15) is 0 Å². The van der Waals surface area contributed by atoms with E-state index >= 15 is 0 Å². The van der Waals surface area contributed by atoms with Crippen LogP contribution in [0.2, 0.25) is 0 Å². The first-order chi connectivity index (χ1) is 13.7. The highest BCUT2D eigenvalue weighted by Gasteiger charge is 2.30. The lowest BCUT2D eigenvalue weighted by molar-refractivity contribution is 0.191. The van der Waals surface area contributed by atoms with E-state index in [0.717, 1.165) is 60.3 Å². The maximum Gasteiger partial charge on any atom is 0.161 e. The fraction of sp³-hybridized carbons (Fsp3) is 0.455. The Morgan fingerprint density at radius 3 is 2.11 bits per heavy atom. The summed E-state index contributed by atoms with van der Waals surface area (Å²) in [7, 11) is 5.06. The molecule has 1 saturated heterocycles. The molecule has 152 valence electrons. The SMILES string of the molecule is CCOc1cc(C(c2c(OC)cccc2OC)N2CCNCC2)ccc1OC. The molecule has 0 amide bonds. The minimum absolute atomic E-state index is 0.0155. The third kappa shape index (κ3) is 4.18. The van der Waals surface area contributed by atoms with E-state index in [2.05, 4.69) is 22.3 Å². The van der Waals surface area contributed by atoms with Gasteiger partial charge in [0.2, 0.25) is 0 Å². The van der Waals surface area contributed by atoms with Crippen molar-refractivity contribution in [1.82, 2.24) is 10.2 Å². The van der Waals surface area contributed by atoms with Crippen molar-refractivity contribution in [2.75, 3.05) is 54.1 Å². The van der Waals surface area contributed by atoms with Crippen molar-refractivity contribution in [3.8, 4) is 23.0 Å². The first-order valence-electron chi connectivity index (χ1n) is 9.69. The van der Waals surface area contributed by atoms with Gasteiger partial charge in [-0.15, -0.1) is 0 Å². The van der Waals surface area contributed by atoms with E-state index in [-0.39, 0.29) is 6.04 Å². The number of hydrogen-bond donors (Lipinski definition) is 1. The molecule has 0 saturated carbocycles. The van der Waals surface area contributed by atoms with E-state index in [0.29, 0.717) is 6.61 Å². The van der Waals surface area contributed by atoms with Gasteiger partial charge >= 0.3 is 0 Å². The lowest BCUT2D eigenvalue weighted by atomic mass is 9.94. The van der Waals surface area contributed by atoms with Crippen LogP contribution in [0.15, 0.2) is 36.4 Å². The Hall–Kier alpha value is -2.44. The molecule has 1 fully saturated rings. The molecule has 1 atom stereocenters. The van der Waals surface area contributed by atoms with Crippen molar-refractivity contribution in [2.24, 2.45) is 0 Å². The summed E-state index contributed by atoms with van der Waals surface area (Å²) in [4.78, 5) is 2.45. The molecule has 6 heteroatoms. The molecule has 28 heavy (non-hydrogen) atoms. The highest BCUT2D eigenvalue weighted by molar-refractivity contribution is 5.53. The van der Waals surface area contributed by atoms with Crippen molar-refractivity contribution in [2.45, 2.75) is 13.0 Å². The molecule has 2 aromatic rings. The molecule has 1 aliphatic heterocycles. The van der Waals surface area contributed by atoms with Gasteiger partial charge in [0, 0.05) is 26.2 Å². The van der Waals surface area contributed by atoms with Crippen molar-refractivity contribution in [1.29, 1.82) is 0 Å². The highest BCUT2D eigenvalue weighted by atomic mass is 16.5. The van der Waals surface area contributed by atoms with Crippen molar-refractivity contribution in [3.63, 3.8) is 0 Å². The molecule has 0 spiro atoms. The maximum atomic E-state index is 5.84. The van der Waals surface area contributed by atoms with Crippen LogP contribution in [0.3, 0.4) is 0 Å². The van der Waals surface area contributed by atoms with Crippen LogP contribution in [0.25, 0.3) is 0 Å². The molecule has 0 radical (unpaired) electrons. The number of ether oxygens (including phenoxy) is 4. The topological polar surface area (TPSA) is 52.2 Å². The summed E-state index contributed by atoms with van der Waals surface area (Å²) < 4.78 is 22.8. The molecule has 0 aromatic heterocycles. The Balaban J connectivity index is 2.15. The van der Waals surface area contributed by atoms with Gasteiger partial charge in [-0.25, -0.2) is 0 Å². The van der Waals surface area contributed by atoms with E-state index in [1.807, 2.05) is 31.2 Å². The molecule has 1 N–H and O–H groups in total. The van der Waals surface area contributed by atoms with Crippen LogP contribution in [-0.2, 0) is 0 Å². The van der Waals surface area contributed by atoms with Gasteiger partial charge < -0.3 is 24.3 Å². The number of rotatable bonds is 8. The van der Waals surface area contributed by atoms with Gasteiger partial charge in [0.15, 0.2) is 11.5 Å². The molecular formula is C22H30N2O4. The minimum Gasteiger partial charge on any atom is -0.496 e. The van der Waals surface area contributed by atoms with Crippen LogP contribution < -0.4 is 24.3 Å². The maximum absolute atomic E-state index is 5.84. The van der Waals surface area contributed by atoms with Crippen molar-refractivity contribution >= 4 is 0 Å². The lowest BCUT2D eigenvalue weighted by Gasteiger charge is -2.36. The van der Waals surface area contributed by atoms with Gasteiger partial charge in [-0.3, -0.25) is 4.90 Å². The fourth-order valence-corrected chi connectivity index (χ4v) is 3.78. The van der Waals surface area contributed by atoms with Gasteiger partial charge in [-0.1, -0.05) is 12.1 Å². The summed E-state index contributed by atoms with van der Waals surface area (Å²) in [5.74, 6) is 3.11. The van der Waals surface area contributed by atoms with Crippen LogP contribution >= 0.6 is 0 Å². The molecule has 2 aromatic carbocycles. The van der Waals surface area contributed by atoms with Crippen LogP contribution in [0.5, 0.6) is 23.0 Å². The van der Waals surface area contributed by atoms with E-state index in [4.69, 9.17) is 18.9 Å². The van der Waals surface area contributed by atoms with Gasteiger partial charge in [0.05, 0.1) is 39.5 Å². The number of piperazine rings is 1. The lowest BCUT2D eigenvalue weighted by Crippen LogP contribution is -2.45. The fourth-order valence-electron chi connectivity index (χ4n) is 3.78. The van der Waals surface area contributed by atoms with Gasteiger partial charge in [0.25, 0.3) is 0 Å². The van der Waals surface area contributed by atoms with E-state index in [1.165, 1.54) is 0 Å². The summed E-state index contributed by atoms with van der Waals surface area (Å²) in [5, 5.41) is 3.43. The summed E-state index contributed by atoms with van der Waals surface area (Å²) >= 11 is 0. The zero-order valence-corrected chi connectivity index (χ0v) is 17.2. The summed E-state index contributed by atoms with van der Waals surface area (Å²) in [6.45, 7) is 6.31.